The highest BCUT2D eigenvalue weighted by Gasteiger charge is 2.23. The normalized spacial score (nSPS) is 23.8. The van der Waals surface area contributed by atoms with E-state index in [-0.39, 0.29) is 11.9 Å². The quantitative estimate of drug-likeness (QED) is 0.628. The summed E-state index contributed by atoms with van der Waals surface area (Å²) in [5, 5.41) is 14.7. The van der Waals surface area contributed by atoms with Crippen LogP contribution in [0.3, 0.4) is 0 Å². The molecule has 0 bridgehead atoms. The number of hydrogen-bond acceptors (Lipinski definition) is 3. The van der Waals surface area contributed by atoms with Crippen LogP contribution in [0.2, 0.25) is 0 Å². The number of amides is 1. The Morgan fingerprint density at radius 3 is 2.69 bits per heavy atom. The van der Waals surface area contributed by atoms with E-state index in [1.165, 1.54) is 0 Å². The van der Waals surface area contributed by atoms with Gasteiger partial charge in [0.15, 0.2) is 0 Å². The van der Waals surface area contributed by atoms with Crippen molar-refractivity contribution in [2.45, 2.75) is 32.7 Å². The Morgan fingerprint density at radius 1 is 1.50 bits per heavy atom. The van der Waals surface area contributed by atoms with Crippen LogP contribution in [0.25, 0.3) is 0 Å². The Bertz CT molecular complexity index is 262. The second-order valence-corrected chi connectivity index (χ2v) is 4.55. The highest BCUT2D eigenvalue weighted by atomic mass is 16.4. The molecule has 0 saturated carbocycles. The van der Waals surface area contributed by atoms with Gasteiger partial charge in [-0.3, -0.25) is 9.59 Å². The fourth-order valence-corrected chi connectivity index (χ4v) is 1.80. The summed E-state index contributed by atoms with van der Waals surface area (Å²) in [6, 6.07) is -0.320. The lowest BCUT2D eigenvalue weighted by molar-refractivity contribution is -0.142. The predicted molar refractivity (Wildman–Crippen MR) is 60.0 cm³/mol. The molecule has 0 spiro atoms. The second kappa shape index (κ2) is 5.84. The number of hydrogen-bond donors (Lipinski definition) is 3. The third-order valence-electron chi connectivity index (χ3n) is 3.16. The van der Waals surface area contributed by atoms with E-state index in [0.29, 0.717) is 12.3 Å². The zero-order valence-electron chi connectivity index (χ0n) is 9.82. The Balaban J connectivity index is 2.29. The molecule has 5 nitrogen and oxygen atoms in total. The molecule has 1 saturated heterocycles. The summed E-state index contributed by atoms with van der Waals surface area (Å²) in [5.41, 5.74) is 0. The van der Waals surface area contributed by atoms with Gasteiger partial charge in [-0.15, -0.1) is 0 Å². The molecule has 3 N–H and O–H groups in total. The molecule has 1 heterocycles. The molecule has 92 valence electrons. The van der Waals surface area contributed by atoms with Crippen molar-refractivity contribution in [3.63, 3.8) is 0 Å². The van der Waals surface area contributed by atoms with Crippen LogP contribution in [0.15, 0.2) is 0 Å². The van der Waals surface area contributed by atoms with E-state index < -0.39 is 11.9 Å². The molecular weight excluding hydrogens is 208 g/mol. The van der Waals surface area contributed by atoms with Gasteiger partial charge in [-0.2, -0.15) is 0 Å². The first-order valence-corrected chi connectivity index (χ1v) is 5.73. The lowest BCUT2D eigenvalue weighted by Crippen LogP contribution is -2.40. The van der Waals surface area contributed by atoms with Crippen molar-refractivity contribution in [3.8, 4) is 0 Å². The zero-order chi connectivity index (χ0) is 12.1. The van der Waals surface area contributed by atoms with E-state index in [9.17, 15) is 9.59 Å². The van der Waals surface area contributed by atoms with Crippen molar-refractivity contribution < 1.29 is 14.7 Å². The molecule has 5 heteroatoms. The first kappa shape index (κ1) is 13.0. The largest absolute Gasteiger partial charge is 0.481 e. The minimum Gasteiger partial charge on any atom is -0.481 e. The van der Waals surface area contributed by atoms with E-state index in [4.69, 9.17) is 5.11 Å². The summed E-state index contributed by atoms with van der Waals surface area (Å²) in [6.07, 6.45) is 1.51. The summed E-state index contributed by atoms with van der Waals surface area (Å²) in [5.74, 6) is -1.08. The molecule has 3 unspecified atom stereocenters. The van der Waals surface area contributed by atoms with Crippen LogP contribution in [-0.2, 0) is 9.59 Å². The summed E-state index contributed by atoms with van der Waals surface area (Å²) in [4.78, 5) is 22.3. The topological polar surface area (TPSA) is 78.4 Å². The van der Waals surface area contributed by atoms with Crippen LogP contribution in [-0.4, -0.2) is 36.1 Å². The van der Waals surface area contributed by atoms with Crippen LogP contribution in [0, 0.1) is 11.8 Å². The van der Waals surface area contributed by atoms with Gasteiger partial charge in [-0.05, 0) is 39.3 Å². The standard InChI is InChI=1S/C11H20N2O3/c1-7(11(15)16)8(2)13-10(14)5-9-3-4-12-6-9/h7-9,12H,3-6H2,1-2H3,(H,13,14)(H,15,16). The van der Waals surface area contributed by atoms with Gasteiger partial charge in [0, 0.05) is 12.5 Å². The van der Waals surface area contributed by atoms with Gasteiger partial charge >= 0.3 is 5.97 Å². The summed E-state index contributed by atoms with van der Waals surface area (Å²) < 4.78 is 0. The van der Waals surface area contributed by atoms with E-state index in [1.807, 2.05) is 0 Å². The number of aliphatic carboxylic acids is 1. The second-order valence-electron chi connectivity index (χ2n) is 4.55. The first-order valence-electron chi connectivity index (χ1n) is 5.73. The third-order valence-corrected chi connectivity index (χ3v) is 3.16. The zero-order valence-corrected chi connectivity index (χ0v) is 9.82. The molecule has 0 aliphatic carbocycles. The number of rotatable bonds is 5. The molecule has 1 aliphatic rings. The van der Waals surface area contributed by atoms with Crippen LogP contribution in [0.4, 0.5) is 0 Å². The average Bonchev–Trinajstić information content (AvgIpc) is 2.68. The molecule has 1 amide bonds. The molecule has 0 aromatic rings. The molecular formula is C11H20N2O3. The lowest BCUT2D eigenvalue weighted by atomic mass is 10.0. The Kier molecular flexibility index (Phi) is 4.73. The van der Waals surface area contributed by atoms with Gasteiger partial charge in [-0.25, -0.2) is 0 Å². The van der Waals surface area contributed by atoms with Crippen LogP contribution in [0.5, 0.6) is 0 Å². The number of carbonyl (C=O) groups is 2. The predicted octanol–water partition coefficient (Wildman–Crippen LogP) is 0.211. The summed E-state index contributed by atoms with van der Waals surface area (Å²) in [7, 11) is 0. The van der Waals surface area contributed by atoms with E-state index in [0.717, 1.165) is 19.5 Å². The minimum atomic E-state index is -0.879. The monoisotopic (exact) mass is 228 g/mol. The van der Waals surface area contributed by atoms with Crippen molar-refractivity contribution in [1.29, 1.82) is 0 Å². The number of nitrogens with one attached hydrogen (secondary N) is 2. The van der Waals surface area contributed by atoms with Gasteiger partial charge in [0.05, 0.1) is 5.92 Å². The maximum Gasteiger partial charge on any atom is 0.308 e. The number of carboxylic acids is 1. The Labute approximate surface area is 95.6 Å². The van der Waals surface area contributed by atoms with E-state index in [2.05, 4.69) is 10.6 Å². The lowest BCUT2D eigenvalue weighted by Gasteiger charge is -2.18. The highest BCUT2D eigenvalue weighted by Crippen LogP contribution is 2.12. The first-order chi connectivity index (χ1) is 7.50. The molecule has 0 aromatic heterocycles. The molecule has 3 atom stereocenters. The fraction of sp³-hybridized carbons (Fsp3) is 0.818. The molecule has 1 aliphatic heterocycles. The number of carboxylic acid groups (broad SMARTS) is 1. The smallest absolute Gasteiger partial charge is 0.308 e. The summed E-state index contributed by atoms with van der Waals surface area (Å²) in [6.45, 7) is 5.18. The average molecular weight is 228 g/mol. The SMILES string of the molecule is CC(NC(=O)CC1CCNC1)C(C)C(=O)O. The van der Waals surface area contributed by atoms with Gasteiger partial charge in [0.1, 0.15) is 0 Å². The van der Waals surface area contributed by atoms with Gasteiger partial charge in [-0.1, -0.05) is 0 Å². The molecule has 0 aromatic carbocycles. The summed E-state index contributed by atoms with van der Waals surface area (Å²) >= 11 is 0. The van der Waals surface area contributed by atoms with Gasteiger partial charge in [0.2, 0.25) is 5.91 Å². The van der Waals surface area contributed by atoms with E-state index >= 15 is 0 Å². The molecule has 0 radical (unpaired) electrons. The van der Waals surface area contributed by atoms with Crippen molar-refractivity contribution in [1.82, 2.24) is 10.6 Å². The van der Waals surface area contributed by atoms with Crippen molar-refractivity contribution in [3.05, 3.63) is 0 Å². The Hall–Kier alpha value is -1.10. The van der Waals surface area contributed by atoms with Crippen LogP contribution in [0.1, 0.15) is 26.7 Å². The number of carbonyl (C=O) groups excluding carboxylic acids is 1. The fourth-order valence-electron chi connectivity index (χ4n) is 1.80. The van der Waals surface area contributed by atoms with Crippen LogP contribution >= 0.6 is 0 Å². The maximum absolute atomic E-state index is 11.6. The van der Waals surface area contributed by atoms with E-state index in [1.54, 1.807) is 13.8 Å². The van der Waals surface area contributed by atoms with Crippen molar-refractivity contribution in [2.24, 2.45) is 11.8 Å². The molecule has 1 fully saturated rings. The highest BCUT2D eigenvalue weighted by molar-refractivity contribution is 5.78. The Morgan fingerprint density at radius 2 is 2.19 bits per heavy atom. The van der Waals surface area contributed by atoms with Crippen molar-refractivity contribution >= 4 is 11.9 Å². The van der Waals surface area contributed by atoms with Crippen LogP contribution < -0.4 is 10.6 Å². The van der Waals surface area contributed by atoms with Gasteiger partial charge < -0.3 is 15.7 Å². The van der Waals surface area contributed by atoms with Gasteiger partial charge in [0.25, 0.3) is 0 Å². The third kappa shape index (κ3) is 3.81. The molecule has 16 heavy (non-hydrogen) atoms. The molecule has 1 rings (SSSR count). The van der Waals surface area contributed by atoms with Crippen molar-refractivity contribution in [2.75, 3.05) is 13.1 Å². The minimum absolute atomic E-state index is 0.0469. The maximum atomic E-state index is 11.6.